The van der Waals surface area contributed by atoms with E-state index in [0.29, 0.717) is 5.56 Å². The lowest BCUT2D eigenvalue weighted by Gasteiger charge is -2.38. The molecule has 1 fully saturated rings. The van der Waals surface area contributed by atoms with Crippen molar-refractivity contribution < 1.29 is 13.3 Å². The lowest BCUT2D eigenvalue weighted by Crippen LogP contribution is -2.49. The number of benzene rings is 1. The number of hydrogen-bond donors (Lipinski definition) is 1. The summed E-state index contributed by atoms with van der Waals surface area (Å²) in [5.41, 5.74) is -0.131. The summed E-state index contributed by atoms with van der Waals surface area (Å²) in [7, 11) is -3.99. The Morgan fingerprint density at radius 1 is 1.40 bits per heavy atom. The summed E-state index contributed by atoms with van der Waals surface area (Å²) >= 11 is 11.6. The molecule has 1 aromatic rings. The van der Waals surface area contributed by atoms with Gasteiger partial charge >= 0.3 is 0 Å². The third-order valence-electron chi connectivity index (χ3n) is 3.07. The Hall–Kier alpha value is -0.890. The van der Waals surface area contributed by atoms with E-state index >= 15 is 0 Å². The lowest BCUT2D eigenvalue weighted by molar-refractivity contribution is -0.387. The molecule has 0 aliphatic heterocycles. The molecule has 0 radical (unpaired) electrons. The van der Waals surface area contributed by atoms with E-state index in [1.807, 2.05) is 0 Å². The maximum absolute atomic E-state index is 12.3. The second kappa shape index (κ2) is 5.14. The number of rotatable bonds is 4. The van der Waals surface area contributed by atoms with Gasteiger partial charge in [0.25, 0.3) is 5.69 Å². The van der Waals surface area contributed by atoms with Gasteiger partial charge < -0.3 is 0 Å². The van der Waals surface area contributed by atoms with Crippen LogP contribution >= 0.6 is 23.2 Å². The van der Waals surface area contributed by atoms with Crippen LogP contribution in [0, 0.1) is 17.0 Å². The average molecular weight is 339 g/mol. The van der Waals surface area contributed by atoms with Crippen LogP contribution in [0.15, 0.2) is 23.1 Å². The zero-order valence-corrected chi connectivity index (χ0v) is 12.8. The van der Waals surface area contributed by atoms with Gasteiger partial charge in [-0.25, -0.2) is 13.1 Å². The largest absolute Gasteiger partial charge is 0.289 e. The van der Waals surface area contributed by atoms with E-state index in [1.165, 1.54) is 19.1 Å². The molecule has 1 aliphatic carbocycles. The summed E-state index contributed by atoms with van der Waals surface area (Å²) in [5, 5.41) is 11.0. The molecule has 0 aromatic heterocycles. The Bertz CT molecular complexity index is 652. The quantitative estimate of drug-likeness (QED) is 0.518. The fourth-order valence-corrected chi connectivity index (χ4v) is 4.53. The number of nitrogens with one attached hydrogen (secondary N) is 1. The molecular formula is C11H12Cl2N2O4S. The number of hydrogen-bond acceptors (Lipinski definition) is 4. The predicted molar refractivity (Wildman–Crippen MR) is 75.6 cm³/mol. The summed E-state index contributed by atoms with van der Waals surface area (Å²) in [4.78, 5) is 9.94. The summed E-state index contributed by atoms with van der Waals surface area (Å²) in [6.07, 6.45) is 0.546. The van der Waals surface area contributed by atoms with Crippen LogP contribution in [-0.4, -0.2) is 23.7 Å². The second-order valence-electron chi connectivity index (χ2n) is 4.76. The maximum atomic E-state index is 12.3. The van der Waals surface area contributed by atoms with E-state index in [0.717, 1.165) is 6.07 Å². The zero-order chi connectivity index (χ0) is 15.1. The minimum atomic E-state index is -3.99. The number of aryl methyl sites for hydroxylation is 1. The van der Waals surface area contributed by atoms with Gasteiger partial charge in [0.05, 0.1) is 4.92 Å². The van der Waals surface area contributed by atoms with E-state index in [1.54, 1.807) is 0 Å². The van der Waals surface area contributed by atoms with Gasteiger partial charge in [-0.05, 0) is 25.3 Å². The van der Waals surface area contributed by atoms with Crippen LogP contribution < -0.4 is 4.72 Å². The van der Waals surface area contributed by atoms with Crippen molar-refractivity contribution in [3.05, 3.63) is 33.9 Å². The highest BCUT2D eigenvalue weighted by atomic mass is 35.5. The predicted octanol–water partition coefficient (Wildman–Crippen LogP) is 2.52. The molecule has 0 spiro atoms. The van der Waals surface area contributed by atoms with Crippen molar-refractivity contribution in [2.75, 3.05) is 0 Å². The molecule has 0 amide bonds. The normalized spacial score (nSPS) is 18.6. The highest BCUT2D eigenvalue weighted by molar-refractivity contribution is 7.89. The van der Waals surface area contributed by atoms with Gasteiger partial charge in [-0.1, -0.05) is 12.1 Å². The van der Waals surface area contributed by atoms with Gasteiger partial charge in [-0.2, -0.15) is 0 Å². The van der Waals surface area contributed by atoms with Crippen LogP contribution in [0.3, 0.4) is 0 Å². The van der Waals surface area contributed by atoms with Crippen molar-refractivity contribution in [2.45, 2.75) is 35.0 Å². The highest BCUT2D eigenvalue weighted by Crippen LogP contribution is 2.43. The molecule has 9 heteroatoms. The maximum Gasteiger partial charge on any atom is 0.289 e. The van der Waals surface area contributed by atoms with Crippen LogP contribution in [0.4, 0.5) is 5.69 Å². The molecule has 110 valence electrons. The Kier molecular flexibility index (Phi) is 3.98. The molecule has 1 N–H and O–H groups in total. The van der Waals surface area contributed by atoms with Gasteiger partial charge in [0, 0.05) is 12.1 Å². The number of halogens is 2. The number of nitro benzene ring substituents is 1. The lowest BCUT2D eigenvalue weighted by atomic mass is 9.93. The van der Waals surface area contributed by atoms with Gasteiger partial charge in [0.1, 0.15) is 4.33 Å². The van der Waals surface area contributed by atoms with Crippen molar-refractivity contribution in [3.63, 3.8) is 0 Å². The van der Waals surface area contributed by atoms with E-state index in [-0.39, 0.29) is 17.7 Å². The van der Waals surface area contributed by atoms with Crippen LogP contribution in [0.25, 0.3) is 0 Å². The molecule has 0 unspecified atom stereocenters. The van der Waals surface area contributed by atoms with Gasteiger partial charge in [-0.3, -0.25) is 10.1 Å². The highest BCUT2D eigenvalue weighted by Gasteiger charge is 2.43. The van der Waals surface area contributed by atoms with Crippen molar-refractivity contribution in [3.8, 4) is 0 Å². The SMILES string of the molecule is Cc1cccc([N+](=O)[O-])c1S(=O)(=O)NC1CC(Cl)(Cl)C1. The van der Waals surface area contributed by atoms with E-state index in [9.17, 15) is 18.5 Å². The van der Waals surface area contributed by atoms with E-state index < -0.39 is 31.0 Å². The monoisotopic (exact) mass is 338 g/mol. The third-order valence-corrected chi connectivity index (χ3v) is 5.40. The minimum absolute atomic E-state index is 0.273. The molecule has 1 aliphatic rings. The first-order valence-electron chi connectivity index (χ1n) is 5.76. The number of nitro groups is 1. The topological polar surface area (TPSA) is 89.3 Å². The molecule has 20 heavy (non-hydrogen) atoms. The van der Waals surface area contributed by atoms with Crippen molar-refractivity contribution in [1.29, 1.82) is 0 Å². The van der Waals surface area contributed by atoms with Crippen LogP contribution in [0.2, 0.25) is 0 Å². The van der Waals surface area contributed by atoms with Crippen molar-refractivity contribution in [2.24, 2.45) is 0 Å². The Labute approximate surface area is 126 Å². The molecule has 2 rings (SSSR count). The average Bonchev–Trinajstić information content (AvgIpc) is 2.24. The smallest absolute Gasteiger partial charge is 0.258 e. The minimum Gasteiger partial charge on any atom is -0.258 e. The number of alkyl halides is 2. The Morgan fingerprint density at radius 2 is 2.00 bits per heavy atom. The van der Waals surface area contributed by atoms with E-state index in [2.05, 4.69) is 4.72 Å². The van der Waals surface area contributed by atoms with Crippen LogP contribution in [0.5, 0.6) is 0 Å². The molecule has 1 aromatic carbocycles. The molecular weight excluding hydrogens is 327 g/mol. The van der Waals surface area contributed by atoms with Crippen molar-refractivity contribution >= 4 is 38.9 Å². The molecule has 1 saturated carbocycles. The van der Waals surface area contributed by atoms with Gasteiger partial charge in [0.15, 0.2) is 4.90 Å². The molecule has 0 saturated heterocycles. The number of sulfonamides is 1. The summed E-state index contributed by atoms with van der Waals surface area (Å²) in [5.74, 6) is 0. The fourth-order valence-electron chi connectivity index (χ4n) is 2.15. The molecule has 0 bridgehead atoms. The summed E-state index contributed by atoms with van der Waals surface area (Å²) in [6.45, 7) is 1.51. The van der Waals surface area contributed by atoms with Crippen LogP contribution in [0.1, 0.15) is 18.4 Å². The van der Waals surface area contributed by atoms with Gasteiger partial charge in [0.2, 0.25) is 10.0 Å². The van der Waals surface area contributed by atoms with E-state index in [4.69, 9.17) is 23.2 Å². The summed E-state index contributed by atoms with van der Waals surface area (Å²) < 4.78 is 26.1. The number of nitrogens with zero attached hydrogens (tertiary/aromatic N) is 1. The molecule has 0 heterocycles. The first-order chi connectivity index (χ1) is 9.12. The Balaban J connectivity index is 2.33. The molecule has 0 atom stereocenters. The first kappa shape index (κ1) is 15.5. The van der Waals surface area contributed by atoms with Gasteiger partial charge in [-0.15, -0.1) is 23.2 Å². The molecule has 6 nitrogen and oxygen atoms in total. The first-order valence-corrected chi connectivity index (χ1v) is 8.00. The van der Waals surface area contributed by atoms with Crippen LogP contribution in [-0.2, 0) is 10.0 Å². The summed E-state index contributed by atoms with van der Waals surface area (Å²) in [6, 6.07) is 3.71. The standard InChI is InChI=1S/C11H12Cl2N2O4S/c1-7-3-2-4-9(15(16)17)10(7)20(18,19)14-8-5-11(12,13)6-8/h2-4,8,14H,5-6H2,1H3. The van der Waals surface area contributed by atoms with Crippen molar-refractivity contribution in [1.82, 2.24) is 4.72 Å². The zero-order valence-electron chi connectivity index (χ0n) is 10.5. The fraction of sp³-hybridized carbons (Fsp3) is 0.455. The second-order valence-corrected chi connectivity index (χ2v) is 8.05. The third kappa shape index (κ3) is 3.06. The Morgan fingerprint density at radius 3 is 2.50 bits per heavy atom.